The number of hydrogen-bond acceptors (Lipinski definition) is 5. The highest BCUT2D eigenvalue weighted by atomic mass is 32.2. The van der Waals surface area contributed by atoms with Crippen LogP contribution in [0.5, 0.6) is 0 Å². The maximum absolute atomic E-state index is 11.9. The van der Waals surface area contributed by atoms with Gasteiger partial charge in [-0.3, -0.25) is 0 Å². The van der Waals surface area contributed by atoms with E-state index in [1.165, 1.54) is 0 Å². The van der Waals surface area contributed by atoms with Gasteiger partial charge in [0.25, 0.3) is 0 Å². The number of thioether (sulfide) groups is 1. The Bertz CT molecular complexity index is 446. The van der Waals surface area contributed by atoms with Gasteiger partial charge in [-0.15, -0.1) is 11.8 Å². The molecule has 17 heavy (non-hydrogen) atoms. The number of carbonyl (C=O) groups excluding carboxylic acids is 1. The fourth-order valence-electron chi connectivity index (χ4n) is 1.92. The Labute approximate surface area is 105 Å². The van der Waals surface area contributed by atoms with Gasteiger partial charge in [0.05, 0.1) is 22.8 Å². The van der Waals surface area contributed by atoms with Crippen LogP contribution in [0.3, 0.4) is 0 Å². The normalized spacial score (nSPS) is 21.1. The van der Waals surface area contributed by atoms with Gasteiger partial charge in [-0.2, -0.15) is 5.26 Å². The lowest BCUT2D eigenvalue weighted by atomic mass is 10.2. The Morgan fingerprint density at radius 1 is 1.65 bits per heavy atom. The molecule has 0 radical (unpaired) electrons. The quantitative estimate of drug-likeness (QED) is 0.554. The monoisotopic (exact) mass is 250 g/mol. The van der Waals surface area contributed by atoms with Crippen molar-refractivity contribution in [3.05, 3.63) is 22.4 Å². The third-order valence-electron chi connectivity index (χ3n) is 2.61. The van der Waals surface area contributed by atoms with Gasteiger partial charge in [0, 0.05) is 30.5 Å². The summed E-state index contributed by atoms with van der Waals surface area (Å²) in [5, 5.41) is 9.64. The molecule has 2 aliphatic heterocycles. The lowest BCUT2D eigenvalue weighted by molar-refractivity contribution is -0.142. The molecule has 2 rings (SSSR count). The number of nitriles is 1. The van der Waals surface area contributed by atoms with Crippen molar-refractivity contribution in [2.45, 2.75) is 26.4 Å². The molecular formula is C12H14N2O2S. The fourth-order valence-corrected chi connectivity index (χ4v) is 3.17. The third-order valence-corrected chi connectivity index (χ3v) is 3.79. The zero-order valence-electron chi connectivity index (χ0n) is 9.90. The van der Waals surface area contributed by atoms with Gasteiger partial charge in [-0.05, 0) is 13.8 Å². The van der Waals surface area contributed by atoms with Gasteiger partial charge >= 0.3 is 5.97 Å². The molecule has 2 heterocycles. The zero-order valence-corrected chi connectivity index (χ0v) is 10.7. The number of allylic oxidation sites excluding steroid dienone is 1. The van der Waals surface area contributed by atoms with Gasteiger partial charge in [0.1, 0.15) is 0 Å². The molecule has 0 amide bonds. The molecular weight excluding hydrogens is 236 g/mol. The van der Waals surface area contributed by atoms with Crippen LogP contribution < -0.4 is 0 Å². The van der Waals surface area contributed by atoms with Crippen molar-refractivity contribution in [3.63, 3.8) is 0 Å². The van der Waals surface area contributed by atoms with Crippen LogP contribution in [-0.4, -0.2) is 29.3 Å². The average molecular weight is 250 g/mol. The molecule has 0 spiro atoms. The molecule has 0 aromatic heterocycles. The largest absolute Gasteiger partial charge is 0.460 e. The van der Waals surface area contributed by atoms with Gasteiger partial charge in [-0.25, -0.2) is 4.79 Å². The number of esters is 1. The molecule has 1 saturated heterocycles. The SMILES string of the molecule is CC(C)OC(=O)C1=C2SCC(=CC#N)N2CC1. The van der Waals surface area contributed by atoms with Crippen molar-refractivity contribution in [1.82, 2.24) is 4.90 Å². The average Bonchev–Trinajstić information content (AvgIpc) is 2.80. The van der Waals surface area contributed by atoms with Gasteiger partial charge < -0.3 is 9.64 Å². The molecule has 2 aliphatic rings. The maximum atomic E-state index is 11.9. The van der Waals surface area contributed by atoms with E-state index >= 15 is 0 Å². The smallest absolute Gasteiger partial charge is 0.336 e. The summed E-state index contributed by atoms with van der Waals surface area (Å²) in [7, 11) is 0. The second-order valence-electron chi connectivity index (χ2n) is 4.19. The van der Waals surface area contributed by atoms with Crippen molar-refractivity contribution >= 4 is 17.7 Å². The summed E-state index contributed by atoms with van der Waals surface area (Å²) in [6.45, 7) is 4.47. The summed E-state index contributed by atoms with van der Waals surface area (Å²) in [5.41, 5.74) is 1.74. The van der Waals surface area contributed by atoms with Crippen molar-refractivity contribution in [2.24, 2.45) is 0 Å². The first-order valence-corrected chi connectivity index (χ1v) is 6.55. The van der Waals surface area contributed by atoms with E-state index in [1.807, 2.05) is 24.8 Å². The van der Waals surface area contributed by atoms with E-state index < -0.39 is 0 Å². The number of hydrogen-bond donors (Lipinski definition) is 0. The lowest BCUT2D eigenvalue weighted by Gasteiger charge is -2.13. The first-order valence-electron chi connectivity index (χ1n) is 5.56. The van der Waals surface area contributed by atoms with Gasteiger partial charge in [0.2, 0.25) is 0 Å². The molecule has 0 atom stereocenters. The highest BCUT2D eigenvalue weighted by molar-refractivity contribution is 8.03. The summed E-state index contributed by atoms with van der Waals surface area (Å²) >= 11 is 1.61. The highest BCUT2D eigenvalue weighted by Gasteiger charge is 2.34. The Hall–Kier alpha value is -1.41. The van der Waals surface area contributed by atoms with E-state index in [2.05, 4.69) is 0 Å². The molecule has 0 aromatic rings. The summed E-state index contributed by atoms with van der Waals surface area (Å²) in [6, 6.07) is 2.04. The zero-order chi connectivity index (χ0) is 12.4. The molecule has 0 N–H and O–H groups in total. The van der Waals surface area contributed by atoms with Crippen molar-refractivity contribution in [1.29, 1.82) is 5.26 Å². The van der Waals surface area contributed by atoms with Crippen LogP contribution >= 0.6 is 11.8 Å². The molecule has 0 aromatic carbocycles. The van der Waals surface area contributed by atoms with Crippen LogP contribution in [0.25, 0.3) is 0 Å². The van der Waals surface area contributed by atoms with E-state index in [1.54, 1.807) is 17.8 Å². The van der Waals surface area contributed by atoms with Crippen molar-refractivity contribution in [3.8, 4) is 6.07 Å². The van der Waals surface area contributed by atoms with E-state index in [0.717, 1.165) is 28.6 Å². The van der Waals surface area contributed by atoms with Gasteiger partial charge in [-0.1, -0.05) is 0 Å². The number of fused-ring (bicyclic) bond motifs is 1. The first kappa shape index (κ1) is 12.1. The Balaban J connectivity index is 2.19. The Morgan fingerprint density at radius 2 is 2.41 bits per heavy atom. The molecule has 0 aliphatic carbocycles. The van der Waals surface area contributed by atoms with Crippen LogP contribution in [0.15, 0.2) is 22.4 Å². The van der Waals surface area contributed by atoms with Crippen LogP contribution in [0.4, 0.5) is 0 Å². The van der Waals surface area contributed by atoms with E-state index in [-0.39, 0.29) is 12.1 Å². The summed E-state index contributed by atoms with van der Waals surface area (Å²) in [4.78, 5) is 13.9. The van der Waals surface area contributed by atoms with Crippen LogP contribution in [0.2, 0.25) is 0 Å². The summed E-state index contributed by atoms with van der Waals surface area (Å²) < 4.78 is 5.22. The minimum absolute atomic E-state index is 0.0924. The van der Waals surface area contributed by atoms with Crippen LogP contribution in [0, 0.1) is 11.3 Å². The minimum atomic E-state index is -0.219. The minimum Gasteiger partial charge on any atom is -0.460 e. The number of rotatable bonds is 2. The maximum Gasteiger partial charge on any atom is 0.336 e. The molecule has 0 unspecified atom stereocenters. The number of nitrogens with zero attached hydrogens (tertiary/aromatic N) is 2. The van der Waals surface area contributed by atoms with Crippen molar-refractivity contribution in [2.75, 3.05) is 12.3 Å². The van der Waals surface area contributed by atoms with E-state index in [4.69, 9.17) is 10.00 Å². The summed E-state index contributed by atoms with van der Waals surface area (Å²) in [6.07, 6.45) is 2.16. The highest BCUT2D eigenvalue weighted by Crippen LogP contribution is 2.42. The van der Waals surface area contributed by atoms with E-state index in [0.29, 0.717) is 6.42 Å². The standard InChI is InChI=1S/C12H14N2O2S/c1-8(2)16-12(15)10-4-6-14-9(3-5-13)7-17-11(10)14/h3,8H,4,6-7H2,1-2H3. The molecule has 4 nitrogen and oxygen atoms in total. The Morgan fingerprint density at radius 3 is 3.06 bits per heavy atom. The molecule has 0 bridgehead atoms. The number of ether oxygens (including phenoxy) is 1. The van der Waals surface area contributed by atoms with Crippen molar-refractivity contribution < 1.29 is 9.53 Å². The third kappa shape index (κ3) is 2.32. The number of carbonyl (C=O) groups is 1. The van der Waals surface area contributed by atoms with Crippen LogP contribution in [-0.2, 0) is 9.53 Å². The Kier molecular flexibility index (Phi) is 3.43. The molecule has 90 valence electrons. The molecule has 0 saturated carbocycles. The van der Waals surface area contributed by atoms with Crippen LogP contribution in [0.1, 0.15) is 20.3 Å². The van der Waals surface area contributed by atoms with Gasteiger partial charge in [0.15, 0.2) is 0 Å². The second kappa shape index (κ2) is 4.84. The molecule has 1 fully saturated rings. The second-order valence-corrected chi connectivity index (χ2v) is 5.16. The topological polar surface area (TPSA) is 53.3 Å². The summed E-state index contributed by atoms with van der Waals surface area (Å²) in [5.74, 6) is 0.546. The predicted molar refractivity (Wildman–Crippen MR) is 65.7 cm³/mol. The molecule has 5 heteroatoms. The van der Waals surface area contributed by atoms with E-state index in [9.17, 15) is 4.79 Å². The lowest BCUT2D eigenvalue weighted by Crippen LogP contribution is -2.13. The first-order chi connectivity index (χ1) is 8.13. The fraction of sp³-hybridized carbons (Fsp3) is 0.500. The predicted octanol–water partition coefficient (Wildman–Crippen LogP) is 2.01.